The molecule has 1 saturated heterocycles. The zero-order valence-corrected chi connectivity index (χ0v) is 13.5. The third kappa shape index (κ3) is 5.33. The van der Waals surface area contributed by atoms with Crippen molar-refractivity contribution in [1.82, 2.24) is 10.2 Å². The van der Waals surface area contributed by atoms with Gasteiger partial charge in [0.1, 0.15) is 0 Å². The van der Waals surface area contributed by atoms with Crippen LogP contribution in [0.4, 0.5) is 0 Å². The number of piperidine rings is 1. The van der Waals surface area contributed by atoms with Crippen molar-refractivity contribution in [3.8, 4) is 0 Å². The fraction of sp³-hybridized carbons (Fsp3) is 0.588. The molecule has 1 atom stereocenters. The lowest BCUT2D eigenvalue weighted by Crippen LogP contribution is -2.36. The molecule has 1 unspecified atom stereocenters. The van der Waals surface area contributed by atoms with E-state index in [0.29, 0.717) is 19.0 Å². The first kappa shape index (κ1) is 16.3. The Kier molecular flexibility index (Phi) is 6.52. The van der Waals surface area contributed by atoms with E-state index >= 15 is 0 Å². The first-order chi connectivity index (χ1) is 10.2. The number of nitrogens with one attached hydrogen (secondary N) is 1. The van der Waals surface area contributed by atoms with Gasteiger partial charge in [-0.3, -0.25) is 4.79 Å². The summed E-state index contributed by atoms with van der Waals surface area (Å²) in [5.41, 5.74) is 1.09. The van der Waals surface area contributed by atoms with Crippen LogP contribution < -0.4 is 5.32 Å². The number of amides is 1. The lowest BCUT2D eigenvalue weighted by Gasteiger charge is -2.25. The molecule has 0 aromatic heterocycles. The first-order valence-corrected chi connectivity index (χ1v) is 8.32. The van der Waals surface area contributed by atoms with Crippen molar-refractivity contribution >= 4 is 17.5 Å². The highest BCUT2D eigenvalue weighted by Crippen LogP contribution is 2.15. The van der Waals surface area contributed by atoms with Crippen molar-refractivity contribution in [2.75, 3.05) is 13.1 Å². The summed E-state index contributed by atoms with van der Waals surface area (Å²) >= 11 is 6.00. The van der Waals surface area contributed by atoms with E-state index in [2.05, 4.69) is 5.32 Å². The monoisotopic (exact) mass is 308 g/mol. The van der Waals surface area contributed by atoms with Gasteiger partial charge in [0.2, 0.25) is 5.91 Å². The number of hydrogen-bond acceptors (Lipinski definition) is 2. The fourth-order valence-electron chi connectivity index (χ4n) is 2.86. The molecular weight excluding hydrogens is 284 g/mol. The molecular formula is C17H25ClN2O. The molecule has 3 nitrogen and oxygen atoms in total. The van der Waals surface area contributed by atoms with E-state index in [4.69, 9.17) is 11.6 Å². The van der Waals surface area contributed by atoms with Crippen LogP contribution in [0.3, 0.4) is 0 Å². The lowest BCUT2D eigenvalue weighted by molar-refractivity contribution is -0.131. The van der Waals surface area contributed by atoms with Crippen LogP contribution in [0.1, 0.15) is 44.6 Å². The van der Waals surface area contributed by atoms with E-state index in [-0.39, 0.29) is 5.91 Å². The minimum atomic E-state index is 0.241. The van der Waals surface area contributed by atoms with Gasteiger partial charge in [0.05, 0.1) is 0 Å². The molecule has 1 aliphatic rings. The van der Waals surface area contributed by atoms with Crippen LogP contribution in [0.2, 0.25) is 5.02 Å². The Bertz CT molecular complexity index is 458. The van der Waals surface area contributed by atoms with Crippen molar-refractivity contribution in [2.24, 2.45) is 0 Å². The zero-order chi connectivity index (χ0) is 15.1. The van der Waals surface area contributed by atoms with Crippen molar-refractivity contribution < 1.29 is 4.79 Å². The molecule has 1 amide bonds. The van der Waals surface area contributed by atoms with Crippen LogP contribution in [0.15, 0.2) is 24.3 Å². The number of carbonyl (C=O) groups is 1. The molecule has 21 heavy (non-hydrogen) atoms. The smallest absolute Gasteiger partial charge is 0.222 e. The lowest BCUT2D eigenvalue weighted by atomic mass is 10.0. The van der Waals surface area contributed by atoms with Crippen LogP contribution >= 0.6 is 11.6 Å². The van der Waals surface area contributed by atoms with Gasteiger partial charge < -0.3 is 10.2 Å². The Hall–Kier alpha value is -1.06. The standard InChI is InChI=1S/C17H25ClN2O/c1-2-20(13-14-6-5-7-15(18)12-14)17(21)10-9-16-8-3-4-11-19-16/h5-7,12,16,19H,2-4,8-11,13H2,1H3. The highest BCUT2D eigenvalue weighted by atomic mass is 35.5. The van der Waals surface area contributed by atoms with E-state index in [0.717, 1.165) is 30.1 Å². The van der Waals surface area contributed by atoms with E-state index in [9.17, 15) is 4.79 Å². The predicted molar refractivity (Wildman–Crippen MR) is 87.4 cm³/mol. The average molecular weight is 309 g/mol. The van der Waals surface area contributed by atoms with Crippen LogP contribution in [0, 0.1) is 0 Å². The Labute approximate surface area is 132 Å². The summed E-state index contributed by atoms with van der Waals surface area (Å²) in [6, 6.07) is 8.26. The molecule has 1 N–H and O–H groups in total. The Morgan fingerprint density at radius 3 is 2.95 bits per heavy atom. The van der Waals surface area contributed by atoms with E-state index < -0.39 is 0 Å². The number of rotatable bonds is 6. The average Bonchev–Trinajstić information content (AvgIpc) is 2.51. The topological polar surface area (TPSA) is 32.3 Å². The van der Waals surface area contributed by atoms with Crippen LogP contribution in [-0.4, -0.2) is 29.9 Å². The van der Waals surface area contributed by atoms with Gasteiger partial charge in [0.15, 0.2) is 0 Å². The Morgan fingerprint density at radius 2 is 2.29 bits per heavy atom. The number of halogens is 1. The second-order valence-electron chi connectivity index (χ2n) is 5.72. The van der Waals surface area contributed by atoms with Gasteiger partial charge in [0.25, 0.3) is 0 Å². The van der Waals surface area contributed by atoms with Gasteiger partial charge in [-0.05, 0) is 50.4 Å². The summed E-state index contributed by atoms with van der Waals surface area (Å²) < 4.78 is 0. The summed E-state index contributed by atoms with van der Waals surface area (Å²) in [6.07, 6.45) is 5.33. The van der Waals surface area contributed by atoms with Gasteiger partial charge in [-0.15, -0.1) is 0 Å². The summed E-state index contributed by atoms with van der Waals surface area (Å²) in [4.78, 5) is 14.3. The third-order valence-electron chi connectivity index (χ3n) is 4.12. The molecule has 4 heteroatoms. The maximum Gasteiger partial charge on any atom is 0.222 e. The zero-order valence-electron chi connectivity index (χ0n) is 12.8. The van der Waals surface area contributed by atoms with Gasteiger partial charge >= 0.3 is 0 Å². The minimum Gasteiger partial charge on any atom is -0.339 e. The largest absolute Gasteiger partial charge is 0.339 e. The van der Waals surface area contributed by atoms with E-state index in [1.807, 2.05) is 36.1 Å². The molecule has 0 bridgehead atoms. The first-order valence-electron chi connectivity index (χ1n) is 7.94. The van der Waals surface area contributed by atoms with Gasteiger partial charge in [-0.25, -0.2) is 0 Å². The maximum absolute atomic E-state index is 12.4. The molecule has 116 valence electrons. The van der Waals surface area contributed by atoms with Crippen LogP contribution in [-0.2, 0) is 11.3 Å². The van der Waals surface area contributed by atoms with Crippen molar-refractivity contribution in [1.29, 1.82) is 0 Å². The summed E-state index contributed by atoms with van der Waals surface area (Å²) in [7, 11) is 0. The highest BCUT2D eigenvalue weighted by molar-refractivity contribution is 6.30. The molecule has 1 aromatic rings. The molecule has 2 rings (SSSR count). The molecule has 0 saturated carbocycles. The molecule has 1 aliphatic heterocycles. The van der Waals surface area contributed by atoms with Gasteiger partial charge in [0, 0.05) is 30.6 Å². The van der Waals surface area contributed by atoms with Crippen molar-refractivity contribution in [3.63, 3.8) is 0 Å². The SMILES string of the molecule is CCN(Cc1cccc(Cl)c1)C(=O)CCC1CCCCN1. The maximum atomic E-state index is 12.4. The van der Waals surface area contributed by atoms with E-state index in [1.165, 1.54) is 19.3 Å². The number of benzene rings is 1. The van der Waals surface area contributed by atoms with Gasteiger partial charge in [-0.1, -0.05) is 30.2 Å². The number of carbonyl (C=O) groups excluding carboxylic acids is 1. The quantitative estimate of drug-likeness (QED) is 0.870. The second kappa shape index (κ2) is 8.40. The molecule has 1 fully saturated rings. The Balaban J connectivity index is 1.83. The summed E-state index contributed by atoms with van der Waals surface area (Å²) in [5, 5.41) is 4.22. The van der Waals surface area contributed by atoms with Gasteiger partial charge in [-0.2, -0.15) is 0 Å². The molecule has 1 aromatic carbocycles. The summed E-state index contributed by atoms with van der Waals surface area (Å²) in [6.45, 7) is 4.51. The predicted octanol–water partition coefficient (Wildman–Crippen LogP) is 3.61. The normalized spacial score (nSPS) is 18.5. The second-order valence-corrected chi connectivity index (χ2v) is 6.16. The van der Waals surface area contributed by atoms with Crippen LogP contribution in [0.5, 0.6) is 0 Å². The molecule has 1 heterocycles. The fourth-order valence-corrected chi connectivity index (χ4v) is 3.07. The minimum absolute atomic E-state index is 0.241. The Morgan fingerprint density at radius 1 is 1.43 bits per heavy atom. The third-order valence-corrected chi connectivity index (χ3v) is 4.35. The van der Waals surface area contributed by atoms with E-state index in [1.54, 1.807) is 0 Å². The highest BCUT2D eigenvalue weighted by Gasteiger charge is 2.17. The van der Waals surface area contributed by atoms with Crippen LogP contribution in [0.25, 0.3) is 0 Å². The van der Waals surface area contributed by atoms with Crippen molar-refractivity contribution in [2.45, 2.75) is 51.6 Å². The summed E-state index contributed by atoms with van der Waals surface area (Å²) in [5.74, 6) is 0.241. The molecule has 0 spiro atoms. The van der Waals surface area contributed by atoms with Crippen molar-refractivity contribution in [3.05, 3.63) is 34.9 Å². The molecule has 0 aliphatic carbocycles. The number of hydrogen-bond donors (Lipinski definition) is 1. The molecule has 0 radical (unpaired) electrons. The number of nitrogens with zero attached hydrogens (tertiary/aromatic N) is 1.